The monoisotopic (exact) mass is 613 g/mol. The number of hydrogen-bond donors (Lipinski definition) is 0. The van der Waals surface area contributed by atoms with Crippen LogP contribution in [-0.4, -0.2) is 9.97 Å². The first-order chi connectivity index (χ1) is 15.7. The Hall–Kier alpha value is -3.53. The summed E-state index contributed by atoms with van der Waals surface area (Å²) in [6, 6.07) is 34.7. The zero-order valence-electron chi connectivity index (χ0n) is 17.4. The van der Waals surface area contributed by atoms with Gasteiger partial charge in [-0.25, -0.2) is 0 Å². The maximum absolute atomic E-state index is 13.8. The summed E-state index contributed by atoms with van der Waals surface area (Å²) in [6.45, 7) is 0. The number of hydrogen-bond acceptors (Lipinski definition) is 2. The molecule has 5 heteroatoms. The fourth-order valence-corrected chi connectivity index (χ4v) is 3.09. The molecule has 0 N–H and O–H groups in total. The van der Waals surface area contributed by atoms with Gasteiger partial charge >= 0.3 is 0 Å². The van der Waals surface area contributed by atoms with Crippen LogP contribution in [0.2, 0.25) is 0 Å². The van der Waals surface area contributed by atoms with Crippen molar-refractivity contribution < 1.29 is 28.9 Å². The molecule has 1 radical (unpaired) electrons. The topological polar surface area (TPSA) is 25.8 Å². The molecule has 0 unspecified atom stereocenters. The van der Waals surface area contributed by atoms with Gasteiger partial charge in [0, 0.05) is 44.1 Å². The van der Waals surface area contributed by atoms with E-state index in [1.54, 1.807) is 18.5 Å². The number of pyridine rings is 2. The number of benzene rings is 3. The molecule has 33 heavy (non-hydrogen) atoms. The maximum Gasteiger partial charge on any atom is 0.0408 e. The molecule has 0 saturated carbocycles. The fraction of sp³-hybridized carbons (Fsp3) is 0. The second-order valence-electron chi connectivity index (χ2n) is 6.83. The van der Waals surface area contributed by atoms with E-state index in [-0.39, 0.29) is 25.7 Å². The van der Waals surface area contributed by atoms with Crippen molar-refractivity contribution in [2.24, 2.45) is 0 Å². The Bertz CT molecular complexity index is 1240. The Morgan fingerprint density at radius 3 is 2.09 bits per heavy atom. The molecule has 2 heterocycles. The molecule has 2 aromatic heterocycles. The van der Waals surface area contributed by atoms with E-state index in [9.17, 15) is 8.78 Å². The second-order valence-corrected chi connectivity index (χ2v) is 6.83. The number of aromatic nitrogens is 2. The molecule has 5 rings (SSSR count). The molecule has 0 aliphatic carbocycles. The van der Waals surface area contributed by atoms with E-state index in [2.05, 4.69) is 22.1 Å². The molecular weight excluding hydrogens is 595 g/mol. The summed E-state index contributed by atoms with van der Waals surface area (Å²) in [4.78, 5) is 8.35. The van der Waals surface area contributed by atoms with Crippen molar-refractivity contribution in [3.8, 4) is 33.6 Å². The quantitative estimate of drug-likeness (QED) is 0.204. The van der Waals surface area contributed by atoms with Gasteiger partial charge in [-0.3, -0.25) is 8.78 Å². The number of rotatable bonds is 3. The van der Waals surface area contributed by atoms with Gasteiger partial charge in [0.05, 0.1) is 0 Å². The minimum Gasteiger partial charge on any atom is -0.305 e. The third-order valence-corrected chi connectivity index (χ3v) is 4.63. The summed E-state index contributed by atoms with van der Waals surface area (Å²) in [5.41, 5.74) is 4.55. The summed E-state index contributed by atoms with van der Waals surface area (Å²) in [5.74, 6) is -1.31. The Labute approximate surface area is 205 Å². The van der Waals surface area contributed by atoms with Crippen LogP contribution in [0.3, 0.4) is 0 Å². The zero-order chi connectivity index (χ0) is 22.2. The first-order valence-electron chi connectivity index (χ1n) is 9.97. The van der Waals surface area contributed by atoms with Crippen molar-refractivity contribution in [2.45, 2.75) is 0 Å². The molecule has 165 valence electrons. The molecule has 2 nitrogen and oxygen atoms in total. The molecule has 0 aliphatic heterocycles. The third kappa shape index (κ3) is 6.48. The van der Waals surface area contributed by atoms with Gasteiger partial charge in [-0.1, -0.05) is 60.2 Å². The van der Waals surface area contributed by atoms with Crippen LogP contribution in [0.25, 0.3) is 33.6 Å². The fourth-order valence-electron chi connectivity index (χ4n) is 3.09. The van der Waals surface area contributed by atoms with E-state index in [0.717, 1.165) is 34.5 Å². The Morgan fingerprint density at radius 2 is 1.39 bits per heavy atom. The predicted octanol–water partition coefficient (Wildman–Crippen LogP) is 7.04. The molecule has 0 saturated heterocycles. The van der Waals surface area contributed by atoms with E-state index >= 15 is 0 Å². The Balaban J connectivity index is 0.000000202. The van der Waals surface area contributed by atoms with Gasteiger partial charge < -0.3 is 9.97 Å². The normalized spacial score (nSPS) is 9.88. The van der Waals surface area contributed by atoms with E-state index in [1.165, 1.54) is 0 Å². The molecule has 0 bridgehead atoms. The smallest absolute Gasteiger partial charge is 0.0408 e. The van der Waals surface area contributed by atoms with Crippen molar-refractivity contribution in [1.82, 2.24) is 9.97 Å². The average molecular weight is 613 g/mol. The van der Waals surface area contributed by atoms with Crippen LogP contribution in [0.15, 0.2) is 109 Å². The van der Waals surface area contributed by atoms with Crippen LogP contribution in [0.4, 0.5) is 8.78 Å². The summed E-state index contributed by atoms with van der Waals surface area (Å²) in [5, 5.41) is 0. The van der Waals surface area contributed by atoms with Gasteiger partial charge in [0.15, 0.2) is 0 Å². The van der Waals surface area contributed by atoms with Crippen LogP contribution in [0.5, 0.6) is 0 Å². The van der Waals surface area contributed by atoms with Crippen molar-refractivity contribution in [3.63, 3.8) is 0 Å². The maximum atomic E-state index is 13.8. The van der Waals surface area contributed by atoms with Crippen LogP contribution in [0.1, 0.15) is 0 Å². The van der Waals surface area contributed by atoms with Gasteiger partial charge in [-0.2, -0.15) is 0 Å². The van der Waals surface area contributed by atoms with Crippen LogP contribution in [-0.2, 0) is 20.1 Å². The van der Waals surface area contributed by atoms with E-state index < -0.39 is 11.6 Å². The Kier molecular flexibility index (Phi) is 8.70. The Morgan fingerprint density at radius 1 is 0.636 bits per heavy atom. The van der Waals surface area contributed by atoms with Crippen molar-refractivity contribution in [1.29, 1.82) is 0 Å². The summed E-state index contributed by atoms with van der Waals surface area (Å²) < 4.78 is 26.7. The zero-order valence-corrected chi connectivity index (χ0v) is 19.8. The van der Waals surface area contributed by atoms with Gasteiger partial charge in [0.2, 0.25) is 0 Å². The van der Waals surface area contributed by atoms with Crippen molar-refractivity contribution in [3.05, 3.63) is 133 Å². The largest absolute Gasteiger partial charge is 0.305 e. The molecule has 0 amide bonds. The molecule has 0 atom stereocenters. The van der Waals surface area contributed by atoms with E-state index in [0.29, 0.717) is 5.69 Å². The average Bonchev–Trinajstić information content (AvgIpc) is 2.86. The summed E-state index contributed by atoms with van der Waals surface area (Å²) in [6.07, 6.45) is 3.39. The molecule has 0 spiro atoms. The van der Waals surface area contributed by atoms with Crippen LogP contribution in [0, 0.1) is 23.8 Å². The first kappa shape index (κ1) is 24.1. The van der Waals surface area contributed by atoms with Crippen LogP contribution < -0.4 is 0 Å². The summed E-state index contributed by atoms with van der Waals surface area (Å²) in [7, 11) is 0. The molecule has 3 aromatic carbocycles. The second kappa shape index (κ2) is 11.9. The minimum absolute atomic E-state index is 0. The standard InChI is InChI=1S/C17H10F2N.C11H8N.Ir/c18-14-6-7-15(16(19)11-14)17-10-13(8-9-20-17)12-4-2-1-3-5-12;1-2-6-10(7-3-1)11-8-4-5-9-12-11;/h1-6,8-11H;1-6,8-9H;/q2*-1;. The van der Waals surface area contributed by atoms with E-state index in [4.69, 9.17) is 0 Å². The van der Waals surface area contributed by atoms with Gasteiger partial charge in [0.1, 0.15) is 0 Å². The van der Waals surface area contributed by atoms with Gasteiger partial charge in [-0.15, -0.1) is 48.0 Å². The number of halogens is 2. The first-order valence-corrected chi connectivity index (χ1v) is 9.97. The van der Waals surface area contributed by atoms with Crippen LogP contribution >= 0.6 is 0 Å². The third-order valence-electron chi connectivity index (χ3n) is 4.63. The van der Waals surface area contributed by atoms with Gasteiger partial charge in [-0.05, 0) is 34.6 Å². The number of nitrogens with zero attached hydrogens (tertiary/aromatic N) is 2. The molecule has 5 aromatic rings. The van der Waals surface area contributed by atoms with E-state index in [1.807, 2.05) is 78.9 Å². The summed E-state index contributed by atoms with van der Waals surface area (Å²) >= 11 is 0. The SMILES string of the molecule is Fc1c[c-]c(-c2cc(-c3ccccc3)ccn2)c(F)c1.[Ir].[c-]1ccccc1-c1ccccn1. The van der Waals surface area contributed by atoms with Crippen molar-refractivity contribution >= 4 is 0 Å². The van der Waals surface area contributed by atoms with Gasteiger partial charge in [0.25, 0.3) is 0 Å². The van der Waals surface area contributed by atoms with Crippen molar-refractivity contribution in [2.75, 3.05) is 0 Å². The molecular formula is C28H18F2IrN2-2. The molecule has 0 fully saturated rings. The predicted molar refractivity (Wildman–Crippen MR) is 122 cm³/mol. The molecule has 0 aliphatic rings. The minimum atomic E-state index is -0.664.